The van der Waals surface area contributed by atoms with E-state index in [1.54, 1.807) is 13.1 Å². The Bertz CT molecular complexity index is 634. The second-order valence-corrected chi connectivity index (χ2v) is 5.37. The van der Waals surface area contributed by atoms with Crippen LogP contribution in [0.3, 0.4) is 0 Å². The Labute approximate surface area is 131 Å². The summed E-state index contributed by atoms with van der Waals surface area (Å²) in [6.07, 6.45) is 0. The van der Waals surface area contributed by atoms with Gasteiger partial charge in [-0.3, -0.25) is 0 Å². The molecule has 2 aromatic carbocycles. The van der Waals surface area contributed by atoms with Gasteiger partial charge < -0.3 is 10.1 Å². The molecule has 112 valence electrons. The van der Waals surface area contributed by atoms with Crippen molar-refractivity contribution in [1.82, 2.24) is 5.32 Å². The van der Waals surface area contributed by atoms with Gasteiger partial charge in [0.1, 0.15) is 5.75 Å². The lowest BCUT2D eigenvalue weighted by Gasteiger charge is -2.18. The van der Waals surface area contributed by atoms with E-state index in [2.05, 4.69) is 21.2 Å². The highest BCUT2D eigenvalue weighted by Gasteiger charge is 2.15. The van der Waals surface area contributed by atoms with Gasteiger partial charge in [0.05, 0.1) is 17.1 Å². The zero-order valence-corrected chi connectivity index (χ0v) is 13.4. The van der Waals surface area contributed by atoms with Crippen LogP contribution < -0.4 is 10.1 Å². The smallest absolute Gasteiger partial charge is 0.159 e. The van der Waals surface area contributed by atoms with Gasteiger partial charge in [-0.05, 0) is 65.3 Å². The second-order valence-electron chi connectivity index (χ2n) is 4.52. The summed E-state index contributed by atoms with van der Waals surface area (Å²) >= 11 is 3.46. The first-order valence-electron chi connectivity index (χ1n) is 6.61. The zero-order chi connectivity index (χ0) is 15.4. The molecular weight excluding hydrogens is 340 g/mol. The maximum absolute atomic E-state index is 13.4. The molecule has 0 saturated carbocycles. The summed E-state index contributed by atoms with van der Waals surface area (Å²) in [6, 6.07) is 9.36. The number of hydrogen-bond acceptors (Lipinski definition) is 2. The predicted octanol–water partition coefficient (Wildman–Crippen LogP) is 4.43. The molecule has 2 rings (SSSR count). The summed E-state index contributed by atoms with van der Waals surface area (Å²) in [5.74, 6) is -0.944. The number of rotatable bonds is 5. The Balaban J connectivity index is 2.36. The van der Waals surface area contributed by atoms with E-state index in [-0.39, 0.29) is 6.04 Å². The molecule has 0 radical (unpaired) electrons. The van der Waals surface area contributed by atoms with Gasteiger partial charge in [-0.2, -0.15) is 0 Å². The minimum atomic E-state index is -0.849. The maximum Gasteiger partial charge on any atom is 0.159 e. The molecule has 0 fully saturated rings. The highest BCUT2D eigenvalue weighted by molar-refractivity contribution is 9.10. The highest BCUT2D eigenvalue weighted by Crippen LogP contribution is 2.31. The van der Waals surface area contributed by atoms with Crippen molar-refractivity contribution in [1.29, 1.82) is 0 Å². The first-order chi connectivity index (χ1) is 10.1. The van der Waals surface area contributed by atoms with Crippen LogP contribution in [-0.4, -0.2) is 13.7 Å². The average Bonchev–Trinajstić information content (AvgIpc) is 2.46. The average molecular weight is 356 g/mol. The van der Waals surface area contributed by atoms with Crippen molar-refractivity contribution in [3.63, 3.8) is 0 Å². The predicted molar refractivity (Wildman–Crippen MR) is 82.6 cm³/mol. The fourth-order valence-electron chi connectivity index (χ4n) is 2.19. The van der Waals surface area contributed by atoms with Crippen molar-refractivity contribution in [2.75, 3.05) is 13.7 Å². The molecule has 2 nitrogen and oxygen atoms in total. The molecule has 0 aliphatic heterocycles. The first-order valence-corrected chi connectivity index (χ1v) is 7.40. The van der Waals surface area contributed by atoms with Crippen molar-refractivity contribution in [3.05, 3.63) is 63.6 Å². The van der Waals surface area contributed by atoms with Crippen LogP contribution in [0.2, 0.25) is 0 Å². The molecule has 1 N–H and O–H groups in total. The summed E-state index contributed by atoms with van der Waals surface area (Å²) < 4.78 is 32.7. The lowest BCUT2D eigenvalue weighted by atomic mass is 9.98. The molecular formula is C16H16BrF2NO. The molecule has 0 spiro atoms. The Morgan fingerprint density at radius 1 is 1.10 bits per heavy atom. The molecule has 21 heavy (non-hydrogen) atoms. The molecule has 1 atom stereocenters. The number of ether oxygens (including phenoxy) is 1. The molecule has 1 unspecified atom stereocenters. The molecule has 0 amide bonds. The van der Waals surface area contributed by atoms with Crippen LogP contribution in [0.25, 0.3) is 0 Å². The van der Waals surface area contributed by atoms with Crippen molar-refractivity contribution in [2.45, 2.75) is 13.0 Å². The molecule has 0 heterocycles. The maximum atomic E-state index is 13.4. The van der Waals surface area contributed by atoms with Crippen molar-refractivity contribution < 1.29 is 13.5 Å². The van der Waals surface area contributed by atoms with Crippen molar-refractivity contribution >= 4 is 15.9 Å². The third-order valence-electron chi connectivity index (χ3n) is 3.15. The Morgan fingerprint density at radius 3 is 2.33 bits per heavy atom. The lowest BCUT2D eigenvalue weighted by Crippen LogP contribution is -2.18. The summed E-state index contributed by atoms with van der Waals surface area (Å²) in [5.41, 5.74) is 1.59. The fourth-order valence-corrected chi connectivity index (χ4v) is 2.70. The standard InChI is InChI=1S/C16H16BrF2NO/c1-3-21-15-7-5-10(8-12(15)17)16(20-2)11-4-6-13(18)14(19)9-11/h4-9,16,20H,3H2,1-2H3. The van der Waals surface area contributed by atoms with Gasteiger partial charge >= 0.3 is 0 Å². The summed E-state index contributed by atoms with van der Waals surface area (Å²) in [5, 5.41) is 3.11. The monoisotopic (exact) mass is 355 g/mol. The molecule has 0 saturated heterocycles. The lowest BCUT2D eigenvalue weighted by molar-refractivity contribution is 0.338. The zero-order valence-electron chi connectivity index (χ0n) is 11.8. The van der Waals surface area contributed by atoms with Crippen molar-refractivity contribution in [2.24, 2.45) is 0 Å². The normalized spacial score (nSPS) is 12.2. The van der Waals surface area contributed by atoms with E-state index >= 15 is 0 Å². The van der Waals surface area contributed by atoms with Crippen LogP contribution in [0.5, 0.6) is 5.75 Å². The number of benzene rings is 2. The minimum absolute atomic E-state index is 0.230. The first kappa shape index (κ1) is 15.9. The van der Waals surface area contributed by atoms with Gasteiger partial charge in [0.25, 0.3) is 0 Å². The van der Waals surface area contributed by atoms with Crippen LogP contribution in [-0.2, 0) is 0 Å². The summed E-state index contributed by atoms with van der Waals surface area (Å²) in [4.78, 5) is 0. The van der Waals surface area contributed by atoms with Gasteiger partial charge in [0.15, 0.2) is 11.6 Å². The van der Waals surface area contributed by atoms with Crippen LogP contribution in [0.15, 0.2) is 40.9 Å². The Morgan fingerprint density at radius 2 is 1.76 bits per heavy atom. The van der Waals surface area contributed by atoms with Crippen LogP contribution >= 0.6 is 15.9 Å². The largest absolute Gasteiger partial charge is 0.493 e. The fraction of sp³-hybridized carbons (Fsp3) is 0.250. The number of nitrogens with one attached hydrogen (secondary N) is 1. The van der Waals surface area contributed by atoms with E-state index in [9.17, 15) is 8.78 Å². The topological polar surface area (TPSA) is 21.3 Å². The van der Waals surface area contributed by atoms with Crippen LogP contribution in [0.4, 0.5) is 8.78 Å². The third kappa shape index (κ3) is 3.60. The van der Waals surface area contributed by atoms with Crippen LogP contribution in [0.1, 0.15) is 24.1 Å². The van der Waals surface area contributed by atoms with E-state index in [1.807, 2.05) is 25.1 Å². The third-order valence-corrected chi connectivity index (χ3v) is 3.77. The van der Waals surface area contributed by atoms with E-state index < -0.39 is 11.6 Å². The highest BCUT2D eigenvalue weighted by atomic mass is 79.9. The van der Waals surface area contributed by atoms with Gasteiger partial charge in [0.2, 0.25) is 0 Å². The van der Waals surface area contributed by atoms with Gasteiger partial charge in [-0.25, -0.2) is 8.78 Å². The quantitative estimate of drug-likeness (QED) is 0.856. The van der Waals surface area contributed by atoms with E-state index in [4.69, 9.17) is 4.74 Å². The van der Waals surface area contributed by atoms with Gasteiger partial charge in [-0.15, -0.1) is 0 Å². The van der Waals surface area contributed by atoms with Crippen LogP contribution in [0, 0.1) is 11.6 Å². The van der Waals surface area contributed by atoms with E-state index in [1.165, 1.54) is 6.07 Å². The molecule has 0 aliphatic rings. The molecule has 0 aromatic heterocycles. The van der Waals surface area contributed by atoms with E-state index in [0.717, 1.165) is 21.9 Å². The van der Waals surface area contributed by atoms with Crippen molar-refractivity contribution in [3.8, 4) is 5.75 Å². The summed E-state index contributed by atoms with van der Waals surface area (Å²) in [6.45, 7) is 2.49. The molecule has 5 heteroatoms. The number of hydrogen-bond donors (Lipinski definition) is 1. The minimum Gasteiger partial charge on any atom is -0.493 e. The van der Waals surface area contributed by atoms with Gasteiger partial charge in [-0.1, -0.05) is 12.1 Å². The van der Waals surface area contributed by atoms with E-state index in [0.29, 0.717) is 12.2 Å². The Hall–Kier alpha value is -1.46. The molecule has 2 aromatic rings. The molecule has 0 aliphatic carbocycles. The molecule has 0 bridgehead atoms. The number of halogens is 3. The summed E-state index contributed by atoms with van der Waals surface area (Å²) in [7, 11) is 1.77. The Kier molecular flexibility index (Phi) is 5.31. The second kappa shape index (κ2) is 7.00. The van der Waals surface area contributed by atoms with Gasteiger partial charge in [0, 0.05) is 0 Å². The SMILES string of the molecule is CCOc1ccc(C(NC)c2ccc(F)c(F)c2)cc1Br.